The molecule has 29 heavy (non-hydrogen) atoms. The Hall–Kier alpha value is -3.28. The summed E-state index contributed by atoms with van der Waals surface area (Å²) in [5.41, 5.74) is 1.54. The van der Waals surface area contributed by atoms with E-state index in [9.17, 15) is 9.59 Å². The van der Waals surface area contributed by atoms with Gasteiger partial charge < -0.3 is 19.5 Å². The van der Waals surface area contributed by atoms with Crippen LogP contribution < -0.4 is 14.8 Å². The van der Waals surface area contributed by atoms with E-state index in [4.69, 9.17) is 14.2 Å². The van der Waals surface area contributed by atoms with Gasteiger partial charge in [-0.3, -0.25) is 4.79 Å². The van der Waals surface area contributed by atoms with Crippen molar-refractivity contribution in [2.24, 2.45) is 0 Å². The van der Waals surface area contributed by atoms with E-state index in [1.807, 2.05) is 43.3 Å². The van der Waals surface area contributed by atoms with Crippen molar-refractivity contribution in [1.82, 2.24) is 0 Å². The average Bonchev–Trinajstić information content (AvgIpc) is 2.72. The molecule has 0 aliphatic carbocycles. The number of esters is 1. The normalized spacial score (nSPS) is 10.6. The summed E-state index contributed by atoms with van der Waals surface area (Å²) in [4.78, 5) is 23.4. The molecule has 0 aliphatic rings. The van der Waals surface area contributed by atoms with E-state index in [1.54, 1.807) is 25.1 Å². The van der Waals surface area contributed by atoms with E-state index in [-0.39, 0.29) is 11.9 Å². The van der Waals surface area contributed by atoms with Crippen LogP contribution in [-0.2, 0) is 14.3 Å². The van der Waals surface area contributed by atoms with Gasteiger partial charge in [0.05, 0.1) is 19.8 Å². The van der Waals surface area contributed by atoms with Crippen LogP contribution in [0, 0.1) is 0 Å². The van der Waals surface area contributed by atoms with Crippen molar-refractivity contribution < 1.29 is 23.8 Å². The quantitative estimate of drug-likeness (QED) is 0.344. The number of rotatable bonds is 11. The number of amides is 1. The Kier molecular flexibility index (Phi) is 9.29. The predicted molar refractivity (Wildman–Crippen MR) is 113 cm³/mol. The van der Waals surface area contributed by atoms with Crippen LogP contribution >= 0.6 is 0 Å². The summed E-state index contributed by atoms with van der Waals surface area (Å²) in [5, 5.41) is 2.85. The summed E-state index contributed by atoms with van der Waals surface area (Å²) in [6, 6.07) is 14.7. The monoisotopic (exact) mass is 397 g/mol. The Morgan fingerprint density at radius 1 is 0.931 bits per heavy atom. The lowest BCUT2D eigenvalue weighted by Crippen LogP contribution is -2.12. The minimum atomic E-state index is -0.379. The first-order chi connectivity index (χ1) is 14.1. The maximum atomic E-state index is 12.1. The van der Waals surface area contributed by atoms with Gasteiger partial charge in [-0.25, -0.2) is 4.79 Å². The zero-order valence-corrected chi connectivity index (χ0v) is 16.9. The maximum absolute atomic E-state index is 12.1. The highest BCUT2D eigenvalue weighted by molar-refractivity contribution is 5.91. The molecule has 1 amide bonds. The van der Waals surface area contributed by atoms with E-state index < -0.39 is 0 Å². The second-order valence-corrected chi connectivity index (χ2v) is 6.09. The summed E-state index contributed by atoms with van der Waals surface area (Å²) >= 11 is 0. The Morgan fingerprint density at radius 3 is 2.28 bits per heavy atom. The van der Waals surface area contributed by atoms with Gasteiger partial charge in [-0.2, -0.15) is 0 Å². The van der Waals surface area contributed by atoms with Crippen LogP contribution in [0.3, 0.4) is 0 Å². The number of para-hydroxylation sites is 2. The van der Waals surface area contributed by atoms with Gasteiger partial charge in [0.15, 0.2) is 11.5 Å². The number of carbonyl (C=O) groups is 2. The largest absolute Gasteiger partial charge is 0.490 e. The van der Waals surface area contributed by atoms with Crippen molar-refractivity contribution >= 4 is 23.6 Å². The average molecular weight is 397 g/mol. The fourth-order valence-electron chi connectivity index (χ4n) is 2.51. The van der Waals surface area contributed by atoms with Crippen molar-refractivity contribution in [3.05, 3.63) is 60.2 Å². The smallest absolute Gasteiger partial charge is 0.330 e. The molecule has 0 unspecified atom stereocenters. The first-order valence-corrected chi connectivity index (χ1v) is 9.71. The lowest BCUT2D eigenvalue weighted by Gasteiger charge is -2.11. The first kappa shape index (κ1) is 22.0. The van der Waals surface area contributed by atoms with Crippen molar-refractivity contribution in [3.63, 3.8) is 0 Å². The van der Waals surface area contributed by atoms with Gasteiger partial charge in [0.1, 0.15) is 0 Å². The lowest BCUT2D eigenvalue weighted by molar-refractivity contribution is -0.137. The topological polar surface area (TPSA) is 73.9 Å². The highest BCUT2D eigenvalue weighted by Gasteiger charge is 2.06. The van der Waals surface area contributed by atoms with Crippen LogP contribution in [0.15, 0.2) is 54.6 Å². The standard InChI is InChI=1S/C23H27NO5/c1-3-27-20-8-5-6-9-21(20)29-17-7-10-22(25)24-19-14-11-18(12-15-19)13-16-23(26)28-4-2/h5-6,8-9,11-16H,3-4,7,10,17H2,1-2H3,(H,24,25)/b16-13+. The molecular weight excluding hydrogens is 370 g/mol. The van der Waals surface area contributed by atoms with Gasteiger partial charge in [-0.15, -0.1) is 0 Å². The maximum Gasteiger partial charge on any atom is 0.330 e. The second kappa shape index (κ2) is 12.2. The molecule has 2 aromatic rings. The van der Waals surface area contributed by atoms with Crippen LogP contribution in [-0.4, -0.2) is 31.7 Å². The minimum Gasteiger partial charge on any atom is -0.490 e. The Balaban J connectivity index is 1.73. The zero-order valence-electron chi connectivity index (χ0n) is 16.9. The Bertz CT molecular complexity index is 814. The van der Waals surface area contributed by atoms with E-state index >= 15 is 0 Å². The van der Waals surface area contributed by atoms with Crippen LogP contribution in [0.1, 0.15) is 32.3 Å². The summed E-state index contributed by atoms with van der Waals surface area (Å²) < 4.78 is 16.1. The van der Waals surface area contributed by atoms with Gasteiger partial charge in [0.2, 0.25) is 5.91 Å². The van der Waals surface area contributed by atoms with Gasteiger partial charge in [-0.05, 0) is 56.2 Å². The summed E-state index contributed by atoms with van der Waals surface area (Å²) in [6.45, 7) is 5.02. The molecule has 0 radical (unpaired) electrons. The van der Waals surface area contributed by atoms with E-state index in [0.717, 1.165) is 5.56 Å². The molecule has 6 heteroatoms. The van der Waals surface area contributed by atoms with Crippen molar-refractivity contribution in [1.29, 1.82) is 0 Å². The Morgan fingerprint density at radius 2 is 1.62 bits per heavy atom. The second-order valence-electron chi connectivity index (χ2n) is 6.09. The number of hydrogen-bond acceptors (Lipinski definition) is 5. The van der Waals surface area contributed by atoms with Crippen LogP contribution in [0.5, 0.6) is 11.5 Å². The van der Waals surface area contributed by atoms with E-state index in [2.05, 4.69) is 5.32 Å². The van der Waals surface area contributed by atoms with Gasteiger partial charge in [0, 0.05) is 18.2 Å². The van der Waals surface area contributed by atoms with Crippen molar-refractivity contribution in [3.8, 4) is 11.5 Å². The van der Waals surface area contributed by atoms with E-state index in [1.165, 1.54) is 6.08 Å². The fraction of sp³-hybridized carbons (Fsp3) is 0.304. The lowest BCUT2D eigenvalue weighted by atomic mass is 10.2. The predicted octanol–water partition coefficient (Wildman–Crippen LogP) is 4.46. The third-order valence-corrected chi connectivity index (χ3v) is 3.85. The molecule has 154 valence electrons. The number of ether oxygens (including phenoxy) is 3. The highest BCUT2D eigenvalue weighted by Crippen LogP contribution is 2.26. The molecule has 0 bridgehead atoms. The molecule has 0 spiro atoms. The van der Waals surface area contributed by atoms with Crippen LogP contribution in [0.2, 0.25) is 0 Å². The SMILES string of the molecule is CCOC(=O)/C=C/c1ccc(NC(=O)CCCOc2ccccc2OCC)cc1. The molecule has 0 saturated heterocycles. The molecule has 1 N–H and O–H groups in total. The van der Waals surface area contributed by atoms with Crippen LogP contribution in [0.25, 0.3) is 6.08 Å². The number of benzene rings is 2. The molecule has 2 aromatic carbocycles. The fourth-order valence-corrected chi connectivity index (χ4v) is 2.51. The number of hydrogen-bond donors (Lipinski definition) is 1. The number of anilines is 1. The molecule has 0 aromatic heterocycles. The first-order valence-electron chi connectivity index (χ1n) is 9.71. The van der Waals surface area contributed by atoms with E-state index in [0.29, 0.717) is 49.8 Å². The molecule has 6 nitrogen and oxygen atoms in total. The molecule has 2 rings (SSSR count). The summed E-state index contributed by atoms with van der Waals surface area (Å²) in [6.07, 6.45) is 3.98. The van der Waals surface area contributed by atoms with Crippen molar-refractivity contribution in [2.45, 2.75) is 26.7 Å². The minimum absolute atomic E-state index is 0.0819. The molecule has 0 atom stereocenters. The molecule has 0 saturated carbocycles. The summed E-state index contributed by atoms with van der Waals surface area (Å²) in [5.74, 6) is 0.926. The van der Waals surface area contributed by atoms with Gasteiger partial charge >= 0.3 is 5.97 Å². The van der Waals surface area contributed by atoms with Crippen molar-refractivity contribution in [2.75, 3.05) is 25.1 Å². The highest BCUT2D eigenvalue weighted by atomic mass is 16.5. The zero-order chi connectivity index (χ0) is 20.9. The van der Waals surface area contributed by atoms with Gasteiger partial charge in [-0.1, -0.05) is 24.3 Å². The number of nitrogens with one attached hydrogen (secondary N) is 1. The molecule has 0 fully saturated rings. The molecular formula is C23H27NO5. The molecule has 0 heterocycles. The third kappa shape index (κ3) is 8.09. The molecule has 0 aliphatic heterocycles. The third-order valence-electron chi connectivity index (χ3n) is 3.85. The van der Waals surface area contributed by atoms with Gasteiger partial charge in [0.25, 0.3) is 0 Å². The van der Waals surface area contributed by atoms with Crippen LogP contribution in [0.4, 0.5) is 5.69 Å². The Labute approximate surface area is 171 Å². The number of carbonyl (C=O) groups excluding carboxylic acids is 2. The summed E-state index contributed by atoms with van der Waals surface area (Å²) in [7, 11) is 0.